The van der Waals surface area contributed by atoms with E-state index >= 15 is 0 Å². The molecule has 0 aliphatic rings. The van der Waals surface area contributed by atoms with E-state index < -0.39 is 0 Å². The van der Waals surface area contributed by atoms with Crippen molar-refractivity contribution < 1.29 is 4.42 Å². The Balaban J connectivity index is 3.28. The second-order valence-corrected chi connectivity index (χ2v) is 1.37. The molecule has 8 heavy (non-hydrogen) atoms. The molecule has 0 saturated heterocycles. The van der Waals surface area contributed by atoms with Crippen molar-refractivity contribution in [2.75, 3.05) is 5.73 Å². The van der Waals surface area contributed by atoms with Crippen molar-refractivity contribution in [1.82, 2.24) is 0 Å². The van der Waals surface area contributed by atoms with Crippen LogP contribution in [0.5, 0.6) is 0 Å². The summed E-state index contributed by atoms with van der Waals surface area (Å²) in [4.78, 5) is 10.4. The van der Waals surface area contributed by atoms with Crippen molar-refractivity contribution in [3.8, 4) is 0 Å². The number of nitrogen functional groups attached to an aromatic ring is 1. The maximum absolute atomic E-state index is 10.4. The molecule has 0 saturated carbocycles. The predicted molar refractivity (Wildman–Crippen MR) is 29.4 cm³/mol. The van der Waals surface area contributed by atoms with E-state index in [0.29, 0.717) is 0 Å². The first kappa shape index (κ1) is 4.90. The fourth-order valence-corrected chi connectivity index (χ4v) is 0.402. The molecule has 0 bridgehead atoms. The number of hydrogen-bond donors (Lipinski definition) is 1. The largest absolute Gasteiger partial charge is 0.449 e. The summed E-state index contributed by atoms with van der Waals surface area (Å²) in [5.41, 5.74) is 4.96. The van der Waals surface area contributed by atoms with Gasteiger partial charge in [-0.25, -0.2) is 0 Å². The minimum absolute atomic E-state index is 0.131. The second kappa shape index (κ2) is 1.69. The van der Waals surface area contributed by atoms with Crippen LogP contribution in [0.2, 0.25) is 0 Å². The Morgan fingerprint density at radius 1 is 1.62 bits per heavy atom. The summed E-state index contributed by atoms with van der Waals surface area (Å²) >= 11 is 0. The Hall–Kier alpha value is -1.25. The van der Waals surface area contributed by atoms with Crippen molar-refractivity contribution >= 4 is 5.88 Å². The summed E-state index contributed by atoms with van der Waals surface area (Å²) in [5, 5.41) is 0. The molecular weight excluding hydrogens is 106 g/mol. The quantitative estimate of drug-likeness (QED) is 0.521. The number of nitrogens with two attached hydrogens (primary N) is 1. The van der Waals surface area contributed by atoms with Crippen molar-refractivity contribution in [3.63, 3.8) is 0 Å². The van der Waals surface area contributed by atoms with Crippen molar-refractivity contribution in [2.24, 2.45) is 0 Å². The zero-order valence-electron chi connectivity index (χ0n) is 4.13. The molecule has 0 radical (unpaired) electrons. The van der Waals surface area contributed by atoms with Crippen LogP contribution in [0.15, 0.2) is 27.6 Å². The van der Waals surface area contributed by atoms with E-state index in [1.54, 1.807) is 0 Å². The zero-order chi connectivity index (χ0) is 5.98. The second-order valence-electron chi connectivity index (χ2n) is 1.37. The smallest absolute Gasteiger partial charge is 0.193 e. The van der Waals surface area contributed by atoms with Crippen LogP contribution in [-0.4, -0.2) is 0 Å². The SMILES string of the molecule is Nc1cc(=O)cco1. The molecule has 0 amide bonds. The third-order valence-electron chi connectivity index (χ3n) is 0.721. The maximum atomic E-state index is 10.4. The van der Waals surface area contributed by atoms with Crippen LogP contribution in [0.25, 0.3) is 0 Å². The summed E-state index contributed by atoms with van der Waals surface area (Å²) in [5.74, 6) is 0.150. The number of rotatable bonds is 0. The first-order chi connectivity index (χ1) is 3.79. The number of hydrogen-bond acceptors (Lipinski definition) is 3. The molecule has 3 heteroatoms. The molecule has 0 aliphatic heterocycles. The fourth-order valence-electron chi connectivity index (χ4n) is 0.402. The zero-order valence-corrected chi connectivity index (χ0v) is 4.13. The Kier molecular flexibility index (Phi) is 1.04. The summed E-state index contributed by atoms with van der Waals surface area (Å²) in [7, 11) is 0. The van der Waals surface area contributed by atoms with Gasteiger partial charge in [-0.1, -0.05) is 0 Å². The lowest BCUT2D eigenvalue weighted by molar-refractivity contribution is 0.570. The summed E-state index contributed by atoms with van der Waals surface area (Å²) in [6.45, 7) is 0. The van der Waals surface area contributed by atoms with Crippen molar-refractivity contribution in [3.05, 3.63) is 28.6 Å². The van der Waals surface area contributed by atoms with Gasteiger partial charge in [0.1, 0.15) is 0 Å². The standard InChI is InChI=1S/C5H5NO2/c6-5-3-4(7)1-2-8-5/h1-3H,6H2. The molecule has 1 rings (SSSR count). The highest BCUT2D eigenvalue weighted by Crippen LogP contribution is 1.91. The molecule has 0 fully saturated rings. The minimum Gasteiger partial charge on any atom is -0.449 e. The van der Waals surface area contributed by atoms with Gasteiger partial charge in [0, 0.05) is 12.1 Å². The molecular formula is C5H5NO2. The van der Waals surface area contributed by atoms with E-state index in [1.165, 1.54) is 18.4 Å². The van der Waals surface area contributed by atoms with E-state index in [4.69, 9.17) is 5.73 Å². The van der Waals surface area contributed by atoms with Gasteiger partial charge >= 0.3 is 0 Å². The molecule has 0 aromatic carbocycles. The fraction of sp³-hybridized carbons (Fsp3) is 0. The Morgan fingerprint density at radius 2 is 2.38 bits per heavy atom. The molecule has 1 aromatic rings. The highest BCUT2D eigenvalue weighted by atomic mass is 16.3. The first-order valence-electron chi connectivity index (χ1n) is 2.13. The Morgan fingerprint density at radius 3 is 2.75 bits per heavy atom. The van der Waals surface area contributed by atoms with Gasteiger partial charge in [-0.15, -0.1) is 0 Å². The lowest BCUT2D eigenvalue weighted by Crippen LogP contribution is -1.96. The molecule has 42 valence electrons. The summed E-state index contributed by atoms with van der Waals surface area (Å²) < 4.78 is 4.59. The highest BCUT2D eigenvalue weighted by molar-refractivity contribution is 5.20. The third-order valence-corrected chi connectivity index (χ3v) is 0.721. The molecule has 0 unspecified atom stereocenters. The molecule has 1 aromatic heterocycles. The van der Waals surface area contributed by atoms with Crippen LogP contribution in [0.4, 0.5) is 5.88 Å². The van der Waals surface area contributed by atoms with Gasteiger partial charge in [-0.2, -0.15) is 0 Å². The summed E-state index contributed by atoms with van der Waals surface area (Å²) in [6, 6.07) is 2.52. The third kappa shape index (κ3) is 0.872. The van der Waals surface area contributed by atoms with Crippen molar-refractivity contribution in [1.29, 1.82) is 0 Å². The predicted octanol–water partition coefficient (Wildman–Crippen LogP) is 0.222. The Labute approximate surface area is 45.7 Å². The summed E-state index contributed by atoms with van der Waals surface area (Å²) in [6.07, 6.45) is 1.26. The van der Waals surface area contributed by atoms with Gasteiger partial charge in [-0.3, -0.25) is 4.79 Å². The lowest BCUT2D eigenvalue weighted by Gasteiger charge is -1.83. The van der Waals surface area contributed by atoms with E-state index in [1.807, 2.05) is 0 Å². The van der Waals surface area contributed by atoms with Gasteiger partial charge in [-0.05, 0) is 0 Å². The molecule has 0 aliphatic carbocycles. The van der Waals surface area contributed by atoms with Gasteiger partial charge in [0.2, 0.25) is 0 Å². The van der Waals surface area contributed by atoms with Crippen LogP contribution in [0, 0.1) is 0 Å². The molecule has 1 heterocycles. The van der Waals surface area contributed by atoms with E-state index in [9.17, 15) is 4.79 Å². The van der Waals surface area contributed by atoms with Gasteiger partial charge in [0.15, 0.2) is 11.3 Å². The van der Waals surface area contributed by atoms with Gasteiger partial charge in [0.05, 0.1) is 6.26 Å². The Bertz CT molecular complexity index is 228. The van der Waals surface area contributed by atoms with E-state index in [2.05, 4.69) is 4.42 Å². The normalized spacial score (nSPS) is 9.00. The topological polar surface area (TPSA) is 56.2 Å². The maximum Gasteiger partial charge on any atom is 0.193 e. The van der Waals surface area contributed by atoms with E-state index in [-0.39, 0.29) is 11.3 Å². The monoisotopic (exact) mass is 111 g/mol. The molecule has 2 N–H and O–H groups in total. The van der Waals surface area contributed by atoms with Crippen LogP contribution in [0.1, 0.15) is 0 Å². The minimum atomic E-state index is -0.131. The molecule has 3 nitrogen and oxygen atoms in total. The van der Waals surface area contributed by atoms with Gasteiger partial charge < -0.3 is 10.2 Å². The lowest BCUT2D eigenvalue weighted by atomic mass is 10.5. The van der Waals surface area contributed by atoms with E-state index in [0.717, 1.165) is 0 Å². The first-order valence-corrected chi connectivity index (χ1v) is 2.13. The average Bonchev–Trinajstić information content (AvgIpc) is 1.64. The highest BCUT2D eigenvalue weighted by Gasteiger charge is 1.83. The van der Waals surface area contributed by atoms with Crippen molar-refractivity contribution in [2.45, 2.75) is 0 Å². The van der Waals surface area contributed by atoms with Crippen LogP contribution in [0.3, 0.4) is 0 Å². The number of anilines is 1. The van der Waals surface area contributed by atoms with Crippen LogP contribution >= 0.6 is 0 Å². The average molecular weight is 111 g/mol. The molecule has 0 atom stereocenters. The van der Waals surface area contributed by atoms with Crippen LogP contribution < -0.4 is 11.2 Å². The molecule has 0 spiro atoms. The van der Waals surface area contributed by atoms with Gasteiger partial charge in [0.25, 0.3) is 0 Å². The van der Waals surface area contributed by atoms with Crippen LogP contribution in [-0.2, 0) is 0 Å².